The van der Waals surface area contributed by atoms with E-state index in [1.54, 1.807) is 23.2 Å². The number of piperidine rings is 1. The van der Waals surface area contributed by atoms with Gasteiger partial charge in [0, 0.05) is 30.8 Å². The number of hydrazine groups is 1. The Kier molecular flexibility index (Phi) is 9.26. The molecule has 1 aliphatic heterocycles. The molecule has 1 radical (unpaired) electrons. The van der Waals surface area contributed by atoms with E-state index in [4.69, 9.17) is 4.74 Å². The first-order valence-electron chi connectivity index (χ1n) is 12.4. The Bertz CT molecular complexity index is 1200. The monoisotopic (exact) mass is 499 g/mol. The number of aldehydes is 1. The number of anilines is 1. The van der Waals surface area contributed by atoms with E-state index in [1.807, 2.05) is 65.7 Å². The van der Waals surface area contributed by atoms with E-state index < -0.39 is 6.09 Å². The van der Waals surface area contributed by atoms with Crippen molar-refractivity contribution < 1.29 is 19.1 Å². The molecule has 1 fully saturated rings. The number of benzene rings is 3. The molecule has 8 nitrogen and oxygen atoms in total. The number of amides is 3. The minimum atomic E-state index is -0.488. The molecule has 0 aromatic heterocycles. The summed E-state index contributed by atoms with van der Waals surface area (Å²) in [5.74, 6) is 0. The van der Waals surface area contributed by atoms with E-state index in [0.717, 1.165) is 41.5 Å². The highest BCUT2D eigenvalue weighted by Gasteiger charge is 2.28. The lowest BCUT2D eigenvalue weighted by molar-refractivity contribution is 0.112. The minimum absolute atomic E-state index is 0.0247. The van der Waals surface area contributed by atoms with Crippen molar-refractivity contribution in [2.45, 2.75) is 19.4 Å². The molecular formula is C29H31N4O4. The van der Waals surface area contributed by atoms with Crippen LogP contribution in [-0.2, 0) is 11.3 Å². The fourth-order valence-electron chi connectivity index (χ4n) is 4.21. The Morgan fingerprint density at radius 1 is 0.919 bits per heavy atom. The lowest BCUT2D eigenvalue weighted by Crippen LogP contribution is -2.50. The molecular weight excluding hydrogens is 468 g/mol. The van der Waals surface area contributed by atoms with Crippen molar-refractivity contribution in [3.05, 3.63) is 96.4 Å². The van der Waals surface area contributed by atoms with Crippen LogP contribution in [0.1, 0.15) is 28.8 Å². The summed E-state index contributed by atoms with van der Waals surface area (Å²) >= 11 is 0. The van der Waals surface area contributed by atoms with Gasteiger partial charge in [0.15, 0.2) is 0 Å². The van der Waals surface area contributed by atoms with Crippen molar-refractivity contribution >= 4 is 24.1 Å². The van der Waals surface area contributed by atoms with Crippen molar-refractivity contribution in [2.75, 3.05) is 31.3 Å². The van der Waals surface area contributed by atoms with Gasteiger partial charge in [0.05, 0.1) is 12.2 Å². The topological polar surface area (TPSA) is 91.0 Å². The van der Waals surface area contributed by atoms with Crippen LogP contribution in [0.5, 0.6) is 0 Å². The summed E-state index contributed by atoms with van der Waals surface area (Å²) in [6.45, 7) is 1.89. The molecule has 1 aliphatic rings. The molecule has 2 N–H and O–H groups in total. The SMILES string of the molecule is O=Cc1cccc(CNC(=O)NCCOC(=O)N(c2ccccc2-c2ccccc2)N2CC[CH]CC2)c1. The number of para-hydroxylation sites is 1. The summed E-state index contributed by atoms with van der Waals surface area (Å²) in [7, 11) is 0. The smallest absolute Gasteiger partial charge is 0.429 e. The summed E-state index contributed by atoms with van der Waals surface area (Å²) in [5, 5.41) is 9.07. The second-order valence-corrected chi connectivity index (χ2v) is 8.60. The number of urea groups is 1. The molecule has 0 saturated carbocycles. The summed E-state index contributed by atoms with van der Waals surface area (Å²) in [6.07, 6.45) is 4.27. The first kappa shape index (κ1) is 25.9. The van der Waals surface area contributed by atoms with Crippen LogP contribution in [0.4, 0.5) is 15.3 Å². The fraction of sp³-hybridized carbons (Fsp3) is 0.241. The summed E-state index contributed by atoms with van der Waals surface area (Å²) < 4.78 is 5.60. The first-order valence-corrected chi connectivity index (χ1v) is 12.4. The molecule has 0 unspecified atom stereocenters. The fourth-order valence-corrected chi connectivity index (χ4v) is 4.21. The number of carbonyl (C=O) groups is 3. The third-order valence-corrected chi connectivity index (χ3v) is 6.01. The van der Waals surface area contributed by atoms with Crippen LogP contribution in [0, 0.1) is 6.42 Å². The van der Waals surface area contributed by atoms with Gasteiger partial charge in [0.25, 0.3) is 0 Å². The minimum Gasteiger partial charge on any atom is -0.446 e. The van der Waals surface area contributed by atoms with Gasteiger partial charge in [0.2, 0.25) is 0 Å². The van der Waals surface area contributed by atoms with Gasteiger partial charge >= 0.3 is 12.1 Å². The van der Waals surface area contributed by atoms with E-state index in [0.29, 0.717) is 18.7 Å². The van der Waals surface area contributed by atoms with Gasteiger partial charge in [-0.3, -0.25) is 4.79 Å². The molecule has 3 amide bonds. The second-order valence-electron chi connectivity index (χ2n) is 8.60. The van der Waals surface area contributed by atoms with Crippen molar-refractivity contribution in [1.82, 2.24) is 15.6 Å². The normalized spacial score (nSPS) is 13.4. The highest BCUT2D eigenvalue weighted by molar-refractivity contribution is 5.93. The van der Waals surface area contributed by atoms with E-state index in [2.05, 4.69) is 17.1 Å². The molecule has 0 atom stereocenters. The number of carbonyl (C=O) groups excluding carboxylic acids is 3. The third kappa shape index (κ3) is 7.17. The maximum absolute atomic E-state index is 13.3. The van der Waals surface area contributed by atoms with Crippen molar-refractivity contribution in [1.29, 1.82) is 0 Å². The molecule has 3 aromatic rings. The molecule has 1 saturated heterocycles. The van der Waals surface area contributed by atoms with Crippen LogP contribution in [-0.4, -0.2) is 49.7 Å². The Morgan fingerprint density at radius 2 is 1.68 bits per heavy atom. The van der Waals surface area contributed by atoms with Gasteiger partial charge in [-0.15, -0.1) is 0 Å². The van der Waals surface area contributed by atoms with Crippen molar-refractivity contribution in [2.24, 2.45) is 0 Å². The summed E-state index contributed by atoms with van der Waals surface area (Å²) in [5.41, 5.74) is 4.07. The summed E-state index contributed by atoms with van der Waals surface area (Å²) in [6, 6.07) is 24.4. The quantitative estimate of drug-likeness (QED) is 0.325. The Morgan fingerprint density at radius 3 is 2.46 bits per heavy atom. The number of hydrogen-bond acceptors (Lipinski definition) is 5. The summed E-state index contributed by atoms with van der Waals surface area (Å²) in [4.78, 5) is 36.4. The largest absolute Gasteiger partial charge is 0.446 e. The third-order valence-electron chi connectivity index (χ3n) is 6.01. The van der Waals surface area contributed by atoms with Gasteiger partial charge in [-0.25, -0.2) is 19.6 Å². The zero-order valence-corrected chi connectivity index (χ0v) is 20.6. The second kappa shape index (κ2) is 13.2. The molecule has 4 rings (SSSR count). The van der Waals surface area contributed by atoms with E-state index in [9.17, 15) is 14.4 Å². The van der Waals surface area contributed by atoms with Crippen molar-refractivity contribution in [3.8, 4) is 11.1 Å². The standard InChI is InChI=1S/C29H31N4O4/c34-22-24-11-9-10-23(20-24)21-31-28(35)30-16-19-37-29(36)33(32-17-7-2-8-18-32)27-15-6-5-14-26(27)25-12-3-1-4-13-25/h1-6,9-15,20,22H,7-8,16-19,21H2,(H2,30,31,35). The molecule has 3 aromatic carbocycles. The van der Waals surface area contributed by atoms with Crippen LogP contribution in [0.15, 0.2) is 78.9 Å². The first-order chi connectivity index (χ1) is 18.2. The lowest BCUT2D eigenvalue weighted by atomic mass is 10.0. The average molecular weight is 500 g/mol. The molecule has 37 heavy (non-hydrogen) atoms. The Balaban J connectivity index is 1.36. The number of ether oxygens (including phenoxy) is 1. The van der Waals surface area contributed by atoms with E-state index in [1.165, 1.54) is 0 Å². The van der Waals surface area contributed by atoms with Gasteiger partial charge < -0.3 is 15.4 Å². The van der Waals surface area contributed by atoms with Gasteiger partial charge in [-0.05, 0) is 42.5 Å². The van der Waals surface area contributed by atoms with E-state index >= 15 is 0 Å². The molecule has 0 spiro atoms. The zero-order chi connectivity index (χ0) is 25.9. The van der Waals surface area contributed by atoms with Crippen molar-refractivity contribution in [3.63, 3.8) is 0 Å². The van der Waals surface area contributed by atoms with Gasteiger partial charge in [-0.1, -0.05) is 66.7 Å². The van der Waals surface area contributed by atoms with Gasteiger partial charge in [0.1, 0.15) is 12.9 Å². The Hall–Kier alpha value is -4.17. The maximum atomic E-state index is 13.3. The van der Waals surface area contributed by atoms with Crippen LogP contribution >= 0.6 is 0 Å². The average Bonchev–Trinajstić information content (AvgIpc) is 2.96. The van der Waals surface area contributed by atoms with Crippen LogP contribution in [0.3, 0.4) is 0 Å². The molecule has 0 bridgehead atoms. The highest BCUT2D eigenvalue weighted by atomic mass is 16.6. The molecule has 0 aliphatic carbocycles. The Labute approximate surface area is 217 Å². The number of hydrogen-bond donors (Lipinski definition) is 2. The highest BCUT2D eigenvalue weighted by Crippen LogP contribution is 2.32. The van der Waals surface area contributed by atoms with Gasteiger partial charge in [-0.2, -0.15) is 0 Å². The van der Waals surface area contributed by atoms with E-state index in [-0.39, 0.29) is 25.7 Å². The lowest BCUT2D eigenvalue weighted by Gasteiger charge is -2.37. The number of nitrogens with zero attached hydrogens (tertiary/aromatic N) is 2. The molecule has 1 heterocycles. The molecule has 8 heteroatoms. The maximum Gasteiger partial charge on any atom is 0.429 e. The number of rotatable bonds is 9. The van der Waals surface area contributed by atoms with Crippen LogP contribution in [0.25, 0.3) is 11.1 Å². The predicted octanol–water partition coefficient (Wildman–Crippen LogP) is 4.82. The molecule has 191 valence electrons. The van der Waals surface area contributed by atoms with Crippen LogP contribution in [0.2, 0.25) is 0 Å². The zero-order valence-electron chi connectivity index (χ0n) is 20.6. The number of nitrogens with one attached hydrogen (secondary N) is 2. The van der Waals surface area contributed by atoms with Crippen LogP contribution < -0.4 is 15.6 Å². The predicted molar refractivity (Wildman–Crippen MR) is 143 cm³/mol.